The van der Waals surface area contributed by atoms with Gasteiger partial charge in [0.2, 0.25) is 0 Å². The Labute approximate surface area is 298 Å². The Morgan fingerprint density at radius 2 is 1.78 bits per heavy atom. The fourth-order valence-corrected chi connectivity index (χ4v) is 6.53. The second kappa shape index (κ2) is 14.5. The molecule has 0 atom stereocenters. The van der Waals surface area contributed by atoms with Gasteiger partial charge in [0.05, 0.1) is 36.6 Å². The van der Waals surface area contributed by atoms with E-state index < -0.39 is 5.97 Å². The molecule has 13 heteroatoms. The number of nitro groups is 1. The van der Waals surface area contributed by atoms with Crippen LogP contribution in [0.4, 0.5) is 22.9 Å². The molecular formula is C38H45N7O6. The summed E-state index contributed by atoms with van der Waals surface area (Å²) in [5.41, 5.74) is 4.96. The highest BCUT2D eigenvalue weighted by Gasteiger charge is 2.54. The van der Waals surface area contributed by atoms with E-state index in [4.69, 9.17) is 24.2 Å². The molecule has 2 aliphatic rings. The number of rotatable bonds is 14. The molecule has 2 aromatic heterocycles. The molecule has 268 valence electrons. The number of hydrogen-bond donors (Lipinski definition) is 0. The average Bonchev–Trinajstić information content (AvgIpc) is 3.82. The lowest BCUT2D eigenvalue weighted by molar-refractivity contribution is -0.384. The number of carbonyl (C=O) groups excluding carboxylic acids is 1. The molecule has 13 nitrogen and oxygen atoms in total. The van der Waals surface area contributed by atoms with Crippen LogP contribution in [0.25, 0.3) is 0 Å². The quantitative estimate of drug-likeness (QED) is 0.0868. The molecule has 0 unspecified atom stereocenters. The van der Waals surface area contributed by atoms with Crippen LogP contribution >= 0.6 is 0 Å². The number of nitro benzene ring substituents is 1. The Morgan fingerprint density at radius 1 is 1.04 bits per heavy atom. The second-order valence-corrected chi connectivity index (χ2v) is 13.8. The molecule has 4 aromatic rings. The predicted molar refractivity (Wildman–Crippen MR) is 195 cm³/mol. The van der Waals surface area contributed by atoms with Gasteiger partial charge in [0.15, 0.2) is 5.82 Å². The third kappa shape index (κ3) is 7.58. The maximum absolute atomic E-state index is 13.4. The summed E-state index contributed by atoms with van der Waals surface area (Å²) >= 11 is 0. The van der Waals surface area contributed by atoms with Crippen molar-refractivity contribution in [3.8, 4) is 11.5 Å². The zero-order chi connectivity index (χ0) is 36.4. The van der Waals surface area contributed by atoms with Gasteiger partial charge < -0.3 is 28.9 Å². The van der Waals surface area contributed by atoms with Gasteiger partial charge in [-0.2, -0.15) is 0 Å². The topological polar surface area (TPSA) is 136 Å². The summed E-state index contributed by atoms with van der Waals surface area (Å²) in [5.74, 6) is 1.50. The minimum absolute atomic E-state index is 0.0546. The monoisotopic (exact) mass is 695 g/mol. The maximum atomic E-state index is 13.4. The van der Waals surface area contributed by atoms with E-state index in [1.807, 2.05) is 72.1 Å². The Bertz CT molecular complexity index is 1930. The number of pyridine rings is 1. The molecule has 0 saturated heterocycles. The Hall–Kier alpha value is -5.30. The number of methoxy groups -OCH3 is 2. The van der Waals surface area contributed by atoms with Crippen LogP contribution in [0.1, 0.15) is 65.4 Å². The minimum Gasteiger partial charge on any atom is -0.497 e. The molecular weight excluding hydrogens is 650 g/mol. The summed E-state index contributed by atoms with van der Waals surface area (Å²) < 4.78 is 16.8. The van der Waals surface area contributed by atoms with Crippen LogP contribution in [-0.2, 0) is 23.1 Å². The molecule has 6 rings (SSSR count). The van der Waals surface area contributed by atoms with Crippen LogP contribution in [0.2, 0.25) is 0 Å². The number of esters is 1. The van der Waals surface area contributed by atoms with Gasteiger partial charge in [-0.25, -0.2) is 14.8 Å². The van der Waals surface area contributed by atoms with E-state index in [1.54, 1.807) is 40.2 Å². The average molecular weight is 696 g/mol. The van der Waals surface area contributed by atoms with Crippen LogP contribution < -0.4 is 19.3 Å². The van der Waals surface area contributed by atoms with Crippen LogP contribution in [0.15, 0.2) is 54.7 Å². The van der Waals surface area contributed by atoms with E-state index in [0.29, 0.717) is 54.8 Å². The summed E-state index contributed by atoms with van der Waals surface area (Å²) in [6.07, 6.45) is 3.31. The molecule has 0 N–H and O–H groups in total. The fourth-order valence-electron chi connectivity index (χ4n) is 6.53. The highest BCUT2D eigenvalue weighted by Crippen LogP contribution is 2.57. The largest absolute Gasteiger partial charge is 0.497 e. The molecule has 2 aromatic carbocycles. The van der Waals surface area contributed by atoms with Gasteiger partial charge in [-0.05, 0) is 77.5 Å². The fraction of sp³-hybridized carbons (Fsp3) is 0.421. The lowest BCUT2D eigenvalue weighted by atomic mass is 10.0. The van der Waals surface area contributed by atoms with E-state index in [0.717, 1.165) is 41.2 Å². The molecule has 3 heterocycles. The number of ether oxygens (including phenoxy) is 3. The smallest absolute Gasteiger partial charge is 0.343 e. The number of fused-ring (bicyclic) bond motifs is 2. The van der Waals surface area contributed by atoms with Gasteiger partial charge in [-0.3, -0.25) is 15.1 Å². The van der Waals surface area contributed by atoms with Crippen molar-refractivity contribution in [2.24, 2.45) is 0 Å². The molecule has 1 fully saturated rings. The van der Waals surface area contributed by atoms with Crippen LogP contribution in [0, 0.1) is 17.0 Å². The van der Waals surface area contributed by atoms with E-state index in [1.165, 1.54) is 6.20 Å². The number of anilines is 3. The molecule has 51 heavy (non-hydrogen) atoms. The van der Waals surface area contributed by atoms with Gasteiger partial charge >= 0.3 is 5.97 Å². The lowest BCUT2D eigenvalue weighted by Crippen LogP contribution is -2.32. The zero-order valence-electron chi connectivity index (χ0n) is 30.3. The van der Waals surface area contributed by atoms with Crippen LogP contribution in [0.3, 0.4) is 0 Å². The molecule has 1 saturated carbocycles. The molecule has 1 spiro atoms. The number of aromatic nitrogens is 3. The van der Waals surface area contributed by atoms with Gasteiger partial charge in [-0.15, -0.1) is 0 Å². The first-order chi connectivity index (χ1) is 24.4. The number of hydrogen-bond acceptors (Lipinski definition) is 12. The maximum Gasteiger partial charge on any atom is 0.343 e. The van der Waals surface area contributed by atoms with Crippen molar-refractivity contribution >= 4 is 28.8 Å². The SMILES string of the molecule is COc1ccc(CN(CCN(C)C)c2cc(OC)c(Cc3ncc(C(=O)OC(C)C)c(N4CC5(CC5)c5nc(C)ccc54)n3)cc2[N+](=O)[O-])cc1. The molecule has 0 radical (unpaired) electrons. The van der Waals surface area contributed by atoms with Gasteiger partial charge in [0, 0.05) is 67.6 Å². The Morgan fingerprint density at radius 3 is 2.41 bits per heavy atom. The lowest BCUT2D eigenvalue weighted by Gasteiger charge is -2.27. The Balaban J connectivity index is 1.39. The molecule has 1 aliphatic heterocycles. The van der Waals surface area contributed by atoms with Crippen molar-refractivity contribution in [1.29, 1.82) is 0 Å². The van der Waals surface area contributed by atoms with E-state index in [-0.39, 0.29) is 34.1 Å². The highest BCUT2D eigenvalue weighted by atomic mass is 16.6. The normalized spacial score (nSPS) is 14.2. The zero-order valence-corrected chi connectivity index (χ0v) is 30.3. The first-order valence-electron chi connectivity index (χ1n) is 17.1. The molecule has 0 bridgehead atoms. The minimum atomic E-state index is -0.517. The highest BCUT2D eigenvalue weighted by molar-refractivity contribution is 5.96. The first-order valence-corrected chi connectivity index (χ1v) is 17.1. The molecule has 1 aliphatic carbocycles. The number of aryl methyl sites for hydroxylation is 1. The van der Waals surface area contributed by atoms with Crippen molar-refractivity contribution in [2.75, 3.05) is 57.7 Å². The van der Waals surface area contributed by atoms with Crippen molar-refractivity contribution < 1.29 is 23.9 Å². The predicted octanol–water partition coefficient (Wildman–Crippen LogP) is 6.01. The van der Waals surface area contributed by atoms with Crippen LogP contribution in [-0.4, -0.2) is 84.8 Å². The van der Waals surface area contributed by atoms with E-state index in [9.17, 15) is 14.9 Å². The first kappa shape index (κ1) is 35.5. The van der Waals surface area contributed by atoms with Gasteiger partial charge in [0.25, 0.3) is 5.69 Å². The third-order valence-corrected chi connectivity index (χ3v) is 9.37. The second-order valence-electron chi connectivity index (χ2n) is 13.8. The summed E-state index contributed by atoms with van der Waals surface area (Å²) in [4.78, 5) is 46.2. The summed E-state index contributed by atoms with van der Waals surface area (Å²) in [7, 11) is 7.09. The summed E-state index contributed by atoms with van der Waals surface area (Å²) in [6, 6.07) is 14.9. The number of carbonyl (C=O) groups is 1. The number of benzene rings is 2. The van der Waals surface area contributed by atoms with Crippen molar-refractivity contribution in [1.82, 2.24) is 19.9 Å². The summed E-state index contributed by atoms with van der Waals surface area (Å²) in [6.45, 7) is 7.86. The number of likely N-dealkylation sites (N-methyl/N-ethyl adjacent to an activating group) is 1. The van der Waals surface area contributed by atoms with Gasteiger partial charge in [-0.1, -0.05) is 12.1 Å². The summed E-state index contributed by atoms with van der Waals surface area (Å²) in [5, 5.41) is 12.7. The third-order valence-electron chi connectivity index (χ3n) is 9.37. The Kier molecular flexibility index (Phi) is 10.1. The number of nitrogens with zero attached hydrogens (tertiary/aromatic N) is 7. The van der Waals surface area contributed by atoms with E-state index in [2.05, 4.69) is 4.98 Å². The molecule has 0 amide bonds. The van der Waals surface area contributed by atoms with Gasteiger partial charge in [0.1, 0.15) is 28.6 Å². The van der Waals surface area contributed by atoms with Crippen molar-refractivity contribution in [3.63, 3.8) is 0 Å². The van der Waals surface area contributed by atoms with Crippen LogP contribution in [0.5, 0.6) is 11.5 Å². The van der Waals surface area contributed by atoms with Crippen molar-refractivity contribution in [2.45, 2.75) is 58.1 Å². The van der Waals surface area contributed by atoms with E-state index >= 15 is 0 Å². The standard InChI is InChI=1S/C38H45N7O6/c1-24(2)51-37(46)29-21-39-34(41-36(29)44-23-38(14-15-38)35-30(44)13-8-25(3)40-35)19-27-18-32(45(47)48)31(20-33(27)50-7)43(17-16-42(4)5)22-26-9-11-28(49-6)12-10-26/h8-13,18,20-21,24H,14-17,19,22-23H2,1-7H3. The van der Waals surface area contributed by atoms with Crippen molar-refractivity contribution in [3.05, 3.63) is 98.7 Å².